The molecule has 0 saturated carbocycles. The van der Waals surface area contributed by atoms with Crippen molar-refractivity contribution in [2.45, 2.75) is 18.9 Å². The molecule has 176 valence electrons. The molecule has 0 radical (unpaired) electrons. The van der Waals surface area contributed by atoms with Crippen LogP contribution >= 0.6 is 23.2 Å². The van der Waals surface area contributed by atoms with E-state index in [2.05, 4.69) is 45.0 Å². The van der Waals surface area contributed by atoms with Crippen LogP contribution in [0.3, 0.4) is 0 Å². The third kappa shape index (κ3) is 5.10. The van der Waals surface area contributed by atoms with Gasteiger partial charge in [0.25, 0.3) is 0 Å². The molecule has 5 rings (SSSR count). The summed E-state index contributed by atoms with van der Waals surface area (Å²) < 4.78 is 0. The molecule has 4 nitrogen and oxygen atoms in total. The standard InChI is InChI=1S/C28H29Cl2N3O/c29-23-8-3-7-22(18-23)28-26-11-2-1-6-21(26)19-27(34)33(28)13-5-12-31-14-16-32(17-15-31)25-10-4-9-24(30)20-25/h1-4,6-11,18,20,28H,5,12-17,19H2. The average Bonchev–Trinajstić information content (AvgIpc) is 2.84. The minimum atomic E-state index is -0.0872. The lowest BCUT2D eigenvalue weighted by Crippen LogP contribution is -2.47. The van der Waals surface area contributed by atoms with Gasteiger partial charge in [0.15, 0.2) is 0 Å². The molecule has 3 aromatic carbocycles. The number of hydrogen-bond donors (Lipinski definition) is 0. The molecule has 0 aliphatic carbocycles. The molecular formula is C28H29Cl2N3O. The Morgan fingerprint density at radius 1 is 0.794 bits per heavy atom. The molecule has 1 unspecified atom stereocenters. The van der Waals surface area contributed by atoms with Crippen LogP contribution in [0.2, 0.25) is 10.0 Å². The van der Waals surface area contributed by atoms with Crippen molar-refractivity contribution >= 4 is 34.8 Å². The number of benzene rings is 3. The first-order valence-corrected chi connectivity index (χ1v) is 12.7. The number of carbonyl (C=O) groups is 1. The van der Waals surface area contributed by atoms with E-state index in [9.17, 15) is 4.79 Å². The van der Waals surface area contributed by atoms with E-state index in [1.165, 1.54) is 11.3 Å². The van der Waals surface area contributed by atoms with Crippen LogP contribution < -0.4 is 4.90 Å². The van der Waals surface area contributed by atoms with Gasteiger partial charge in [-0.15, -0.1) is 0 Å². The number of rotatable bonds is 6. The minimum Gasteiger partial charge on any atom is -0.369 e. The minimum absolute atomic E-state index is 0.0872. The van der Waals surface area contributed by atoms with Crippen LogP contribution in [0.4, 0.5) is 5.69 Å². The van der Waals surface area contributed by atoms with Crippen molar-refractivity contribution < 1.29 is 4.79 Å². The maximum atomic E-state index is 13.2. The highest BCUT2D eigenvalue weighted by Gasteiger charge is 2.33. The average molecular weight is 494 g/mol. The molecule has 6 heteroatoms. The Hall–Kier alpha value is -2.53. The van der Waals surface area contributed by atoms with Crippen molar-refractivity contribution in [1.29, 1.82) is 0 Å². The second-order valence-corrected chi connectivity index (χ2v) is 9.96. The van der Waals surface area contributed by atoms with Gasteiger partial charge in [0.2, 0.25) is 5.91 Å². The van der Waals surface area contributed by atoms with Gasteiger partial charge in [-0.3, -0.25) is 9.69 Å². The van der Waals surface area contributed by atoms with Crippen molar-refractivity contribution in [3.05, 3.63) is 99.5 Å². The predicted molar refractivity (Wildman–Crippen MR) is 140 cm³/mol. The topological polar surface area (TPSA) is 26.8 Å². The van der Waals surface area contributed by atoms with Crippen LogP contribution in [0.15, 0.2) is 72.8 Å². The van der Waals surface area contributed by atoms with Gasteiger partial charge in [-0.2, -0.15) is 0 Å². The SMILES string of the molecule is O=C1Cc2ccccc2C(c2cccc(Cl)c2)N1CCCN1CCN(c2cccc(Cl)c2)CC1. The van der Waals surface area contributed by atoms with Gasteiger partial charge in [0.05, 0.1) is 12.5 Å². The largest absolute Gasteiger partial charge is 0.369 e. The Labute approximate surface area is 211 Å². The maximum Gasteiger partial charge on any atom is 0.227 e. The fraction of sp³-hybridized carbons (Fsp3) is 0.321. The zero-order valence-corrected chi connectivity index (χ0v) is 20.7. The van der Waals surface area contributed by atoms with Gasteiger partial charge in [0, 0.05) is 48.5 Å². The molecule has 34 heavy (non-hydrogen) atoms. The second kappa shape index (κ2) is 10.4. The number of fused-ring (bicyclic) bond motifs is 1. The molecule has 2 aliphatic rings. The van der Waals surface area contributed by atoms with E-state index in [0.717, 1.165) is 61.8 Å². The fourth-order valence-corrected chi connectivity index (χ4v) is 5.58. The molecule has 2 heterocycles. The Morgan fingerprint density at radius 2 is 1.53 bits per heavy atom. The molecule has 0 aromatic heterocycles. The van der Waals surface area contributed by atoms with Gasteiger partial charge >= 0.3 is 0 Å². The molecule has 3 aromatic rings. The Balaban J connectivity index is 1.23. The lowest BCUT2D eigenvalue weighted by Gasteiger charge is -2.39. The highest BCUT2D eigenvalue weighted by atomic mass is 35.5. The summed E-state index contributed by atoms with van der Waals surface area (Å²) >= 11 is 12.5. The number of piperazine rings is 1. The van der Waals surface area contributed by atoms with Crippen LogP contribution in [-0.4, -0.2) is 55.0 Å². The number of amides is 1. The van der Waals surface area contributed by atoms with Gasteiger partial charge in [-0.05, 0) is 60.0 Å². The lowest BCUT2D eigenvalue weighted by atomic mass is 9.87. The monoisotopic (exact) mass is 493 g/mol. The van der Waals surface area contributed by atoms with E-state index in [4.69, 9.17) is 23.2 Å². The van der Waals surface area contributed by atoms with Gasteiger partial charge in [0.1, 0.15) is 0 Å². The summed E-state index contributed by atoms with van der Waals surface area (Å²) in [4.78, 5) is 20.1. The van der Waals surface area contributed by atoms with Crippen molar-refractivity contribution in [1.82, 2.24) is 9.80 Å². The number of nitrogens with zero attached hydrogens (tertiary/aromatic N) is 3. The molecule has 1 atom stereocenters. The molecule has 0 spiro atoms. The normalized spacial score (nSPS) is 18.8. The molecular weight excluding hydrogens is 465 g/mol. The summed E-state index contributed by atoms with van der Waals surface area (Å²) in [5.74, 6) is 0.189. The zero-order valence-electron chi connectivity index (χ0n) is 19.2. The third-order valence-electron chi connectivity index (χ3n) is 6.91. The van der Waals surface area contributed by atoms with E-state index in [-0.39, 0.29) is 11.9 Å². The Bertz CT molecular complexity index is 1160. The van der Waals surface area contributed by atoms with E-state index < -0.39 is 0 Å². The summed E-state index contributed by atoms with van der Waals surface area (Å²) in [7, 11) is 0. The molecule has 0 N–H and O–H groups in total. The molecule has 0 bridgehead atoms. The van der Waals surface area contributed by atoms with E-state index in [0.29, 0.717) is 11.4 Å². The molecule has 2 aliphatic heterocycles. The zero-order chi connectivity index (χ0) is 23.5. The lowest BCUT2D eigenvalue weighted by molar-refractivity contribution is -0.133. The Morgan fingerprint density at radius 3 is 2.29 bits per heavy atom. The second-order valence-electron chi connectivity index (χ2n) is 9.08. The number of carbonyl (C=O) groups excluding carboxylic acids is 1. The van der Waals surface area contributed by atoms with Crippen molar-refractivity contribution in [2.75, 3.05) is 44.2 Å². The summed E-state index contributed by atoms with van der Waals surface area (Å²) in [6, 6.07) is 24.2. The van der Waals surface area contributed by atoms with Crippen molar-refractivity contribution in [3.8, 4) is 0 Å². The first-order valence-electron chi connectivity index (χ1n) is 11.9. The summed E-state index contributed by atoms with van der Waals surface area (Å²) in [6.45, 7) is 5.72. The van der Waals surface area contributed by atoms with Crippen LogP contribution in [0.5, 0.6) is 0 Å². The molecule has 1 saturated heterocycles. The van der Waals surface area contributed by atoms with E-state index >= 15 is 0 Å². The van der Waals surface area contributed by atoms with Gasteiger partial charge in [-0.25, -0.2) is 0 Å². The summed E-state index contributed by atoms with van der Waals surface area (Å²) in [5, 5.41) is 1.48. The van der Waals surface area contributed by atoms with Gasteiger partial charge < -0.3 is 9.80 Å². The Kier molecular flexibility index (Phi) is 7.10. The van der Waals surface area contributed by atoms with E-state index in [1.54, 1.807) is 0 Å². The van der Waals surface area contributed by atoms with Crippen LogP contribution in [0.1, 0.15) is 29.2 Å². The van der Waals surface area contributed by atoms with Crippen LogP contribution in [-0.2, 0) is 11.2 Å². The predicted octanol–water partition coefficient (Wildman–Crippen LogP) is 5.68. The molecule has 1 fully saturated rings. The maximum absolute atomic E-state index is 13.2. The number of halogens is 2. The molecule has 1 amide bonds. The van der Waals surface area contributed by atoms with Crippen LogP contribution in [0.25, 0.3) is 0 Å². The first-order chi connectivity index (χ1) is 16.6. The third-order valence-corrected chi connectivity index (χ3v) is 7.38. The van der Waals surface area contributed by atoms with Crippen LogP contribution in [0, 0.1) is 0 Å². The summed E-state index contributed by atoms with van der Waals surface area (Å²) in [5.41, 5.74) is 4.59. The fourth-order valence-electron chi connectivity index (χ4n) is 5.20. The van der Waals surface area contributed by atoms with E-state index in [1.807, 2.05) is 42.5 Å². The van der Waals surface area contributed by atoms with Crippen molar-refractivity contribution in [3.63, 3.8) is 0 Å². The quantitative estimate of drug-likeness (QED) is 0.441. The smallest absolute Gasteiger partial charge is 0.227 e. The van der Waals surface area contributed by atoms with Gasteiger partial charge in [-0.1, -0.05) is 65.7 Å². The highest BCUT2D eigenvalue weighted by Crippen LogP contribution is 2.36. The first kappa shape index (κ1) is 23.2. The number of anilines is 1. The summed E-state index contributed by atoms with van der Waals surface area (Å²) in [6.07, 6.45) is 1.41. The highest BCUT2D eigenvalue weighted by molar-refractivity contribution is 6.31. The number of hydrogen-bond acceptors (Lipinski definition) is 3. The van der Waals surface area contributed by atoms with Crippen molar-refractivity contribution in [2.24, 2.45) is 0 Å².